The van der Waals surface area contributed by atoms with Crippen LogP contribution in [0.1, 0.15) is 32.4 Å². The highest BCUT2D eigenvalue weighted by molar-refractivity contribution is 5.29. The Morgan fingerprint density at radius 1 is 1.35 bits per heavy atom. The number of hydrogen-bond donors (Lipinski definition) is 1. The molecule has 2 atom stereocenters. The lowest BCUT2D eigenvalue weighted by Gasteiger charge is -2.37. The molecule has 1 aliphatic rings. The molecule has 0 amide bonds. The maximum atomic E-state index is 10.5. The van der Waals surface area contributed by atoms with E-state index in [0.717, 1.165) is 24.4 Å². The summed E-state index contributed by atoms with van der Waals surface area (Å²) < 4.78 is 11.1. The van der Waals surface area contributed by atoms with E-state index < -0.39 is 6.10 Å². The van der Waals surface area contributed by atoms with Crippen molar-refractivity contribution in [1.82, 2.24) is 4.90 Å². The van der Waals surface area contributed by atoms with Crippen LogP contribution in [0.25, 0.3) is 0 Å². The Labute approximate surface area is 121 Å². The first-order valence-corrected chi connectivity index (χ1v) is 7.38. The third-order valence-corrected chi connectivity index (χ3v) is 3.74. The van der Waals surface area contributed by atoms with Gasteiger partial charge in [0.05, 0.1) is 13.2 Å². The van der Waals surface area contributed by atoms with Crippen molar-refractivity contribution in [3.8, 4) is 5.75 Å². The Morgan fingerprint density at radius 2 is 2.05 bits per heavy atom. The minimum Gasteiger partial charge on any atom is -0.494 e. The first-order chi connectivity index (χ1) is 9.61. The number of hydrogen-bond acceptors (Lipinski definition) is 4. The molecular formula is C16H25NO3. The summed E-state index contributed by atoms with van der Waals surface area (Å²) in [4.78, 5) is 2.34. The second-order valence-corrected chi connectivity index (χ2v) is 5.44. The lowest BCUT2D eigenvalue weighted by molar-refractivity contribution is -0.0961. The van der Waals surface area contributed by atoms with Gasteiger partial charge < -0.3 is 14.6 Å². The van der Waals surface area contributed by atoms with Gasteiger partial charge in [0, 0.05) is 19.1 Å². The summed E-state index contributed by atoms with van der Waals surface area (Å²) >= 11 is 0. The zero-order valence-electron chi connectivity index (χ0n) is 12.6. The van der Waals surface area contributed by atoms with E-state index >= 15 is 0 Å². The summed E-state index contributed by atoms with van der Waals surface area (Å²) in [5.41, 5.74) is 0.879. The van der Waals surface area contributed by atoms with Crippen molar-refractivity contribution < 1.29 is 14.6 Å². The van der Waals surface area contributed by atoms with Gasteiger partial charge >= 0.3 is 0 Å². The third kappa shape index (κ3) is 3.72. The molecule has 2 unspecified atom stereocenters. The van der Waals surface area contributed by atoms with Crippen molar-refractivity contribution in [2.45, 2.75) is 39.0 Å². The fraction of sp³-hybridized carbons (Fsp3) is 0.625. The fourth-order valence-corrected chi connectivity index (χ4v) is 2.50. The minimum atomic E-state index is -0.591. The zero-order chi connectivity index (χ0) is 14.5. The first kappa shape index (κ1) is 15.3. The van der Waals surface area contributed by atoms with Crippen molar-refractivity contribution in [2.75, 3.05) is 26.3 Å². The molecule has 0 radical (unpaired) electrons. The molecule has 0 aliphatic carbocycles. The molecule has 4 heteroatoms. The van der Waals surface area contributed by atoms with Crippen LogP contribution in [0, 0.1) is 0 Å². The molecule has 0 aromatic heterocycles. The second kappa shape index (κ2) is 7.07. The van der Waals surface area contributed by atoms with Gasteiger partial charge in [0.2, 0.25) is 0 Å². The van der Waals surface area contributed by atoms with E-state index in [1.807, 2.05) is 31.2 Å². The average Bonchev–Trinajstić information content (AvgIpc) is 2.48. The maximum Gasteiger partial charge on any atom is 0.119 e. The number of aliphatic hydroxyl groups is 1. The third-order valence-electron chi connectivity index (χ3n) is 3.74. The van der Waals surface area contributed by atoms with E-state index in [9.17, 15) is 5.11 Å². The molecule has 1 saturated heterocycles. The van der Waals surface area contributed by atoms with Crippen molar-refractivity contribution in [2.24, 2.45) is 0 Å². The first-order valence-electron chi connectivity index (χ1n) is 7.38. The number of morpholine rings is 1. The zero-order valence-corrected chi connectivity index (χ0v) is 12.6. The Balaban J connectivity index is 2.00. The molecular weight excluding hydrogens is 254 g/mol. The highest BCUT2D eigenvalue weighted by Gasteiger charge is 2.28. The van der Waals surface area contributed by atoms with Gasteiger partial charge in [0.25, 0.3) is 0 Å². The van der Waals surface area contributed by atoms with Crippen LogP contribution in [0.5, 0.6) is 5.75 Å². The molecule has 20 heavy (non-hydrogen) atoms. The van der Waals surface area contributed by atoms with Crippen LogP contribution in [-0.4, -0.2) is 48.5 Å². The van der Waals surface area contributed by atoms with E-state index in [4.69, 9.17) is 9.47 Å². The van der Waals surface area contributed by atoms with Crippen LogP contribution in [0.4, 0.5) is 0 Å². The van der Waals surface area contributed by atoms with Gasteiger partial charge in [-0.1, -0.05) is 12.1 Å². The van der Waals surface area contributed by atoms with Crippen LogP contribution in [0.15, 0.2) is 24.3 Å². The molecule has 4 nitrogen and oxygen atoms in total. The van der Waals surface area contributed by atoms with Crippen LogP contribution in [0.3, 0.4) is 0 Å². The van der Waals surface area contributed by atoms with Crippen molar-refractivity contribution in [3.05, 3.63) is 29.8 Å². The molecule has 1 aromatic rings. The molecule has 2 rings (SSSR count). The summed E-state index contributed by atoms with van der Waals surface area (Å²) in [6, 6.07) is 8.09. The lowest BCUT2D eigenvalue weighted by Crippen LogP contribution is -2.47. The number of ether oxygens (including phenoxy) is 2. The molecule has 0 bridgehead atoms. The van der Waals surface area contributed by atoms with E-state index in [0.29, 0.717) is 19.3 Å². The summed E-state index contributed by atoms with van der Waals surface area (Å²) in [6.07, 6.45) is -0.753. The Morgan fingerprint density at radius 3 is 2.65 bits per heavy atom. The quantitative estimate of drug-likeness (QED) is 0.897. The van der Waals surface area contributed by atoms with E-state index in [1.54, 1.807) is 0 Å². The summed E-state index contributed by atoms with van der Waals surface area (Å²) in [5, 5.41) is 10.5. The van der Waals surface area contributed by atoms with Crippen LogP contribution in [0.2, 0.25) is 0 Å². The van der Waals surface area contributed by atoms with Gasteiger partial charge in [-0.15, -0.1) is 0 Å². The number of nitrogens with zero attached hydrogens (tertiary/aromatic N) is 1. The van der Waals surface area contributed by atoms with Crippen molar-refractivity contribution >= 4 is 0 Å². The normalized spacial score (nSPS) is 21.9. The number of aliphatic hydroxyl groups excluding tert-OH is 1. The Kier molecular flexibility index (Phi) is 5.40. The molecule has 1 aliphatic heterocycles. The summed E-state index contributed by atoms with van der Waals surface area (Å²) in [5.74, 6) is 0.830. The second-order valence-electron chi connectivity index (χ2n) is 5.44. The van der Waals surface area contributed by atoms with E-state index in [2.05, 4.69) is 18.7 Å². The highest BCUT2D eigenvalue weighted by Crippen LogP contribution is 2.25. The molecule has 1 N–H and O–H groups in total. The molecule has 112 valence electrons. The smallest absolute Gasteiger partial charge is 0.119 e. The number of benzene rings is 1. The molecule has 1 fully saturated rings. The SMILES string of the molecule is CCOc1ccc(C(O)C2CN(C(C)C)CCO2)cc1. The maximum absolute atomic E-state index is 10.5. The number of rotatable bonds is 5. The molecule has 1 heterocycles. The van der Waals surface area contributed by atoms with E-state index in [-0.39, 0.29) is 6.10 Å². The Hall–Kier alpha value is -1.10. The molecule has 0 spiro atoms. The average molecular weight is 279 g/mol. The van der Waals surface area contributed by atoms with Crippen LogP contribution in [-0.2, 0) is 4.74 Å². The lowest BCUT2D eigenvalue weighted by atomic mass is 10.0. The van der Waals surface area contributed by atoms with E-state index in [1.165, 1.54) is 0 Å². The van der Waals surface area contributed by atoms with Gasteiger partial charge in [-0.2, -0.15) is 0 Å². The van der Waals surface area contributed by atoms with Crippen LogP contribution >= 0.6 is 0 Å². The monoisotopic (exact) mass is 279 g/mol. The minimum absolute atomic E-state index is 0.163. The highest BCUT2D eigenvalue weighted by atomic mass is 16.5. The fourth-order valence-electron chi connectivity index (χ4n) is 2.50. The van der Waals surface area contributed by atoms with Crippen LogP contribution < -0.4 is 4.74 Å². The van der Waals surface area contributed by atoms with Gasteiger partial charge in [-0.25, -0.2) is 0 Å². The Bertz CT molecular complexity index is 405. The molecule has 0 saturated carbocycles. The predicted molar refractivity (Wildman–Crippen MR) is 79.0 cm³/mol. The molecule has 1 aromatic carbocycles. The van der Waals surface area contributed by atoms with Gasteiger partial charge in [-0.05, 0) is 38.5 Å². The topological polar surface area (TPSA) is 41.9 Å². The van der Waals surface area contributed by atoms with Gasteiger partial charge in [0.15, 0.2) is 0 Å². The largest absolute Gasteiger partial charge is 0.494 e. The van der Waals surface area contributed by atoms with Crippen molar-refractivity contribution in [1.29, 1.82) is 0 Å². The predicted octanol–water partition coefficient (Wildman–Crippen LogP) is 2.23. The van der Waals surface area contributed by atoms with Gasteiger partial charge in [0.1, 0.15) is 18.0 Å². The summed E-state index contributed by atoms with van der Waals surface area (Å²) in [6.45, 7) is 9.33. The standard InChI is InChI=1S/C16H25NO3/c1-4-19-14-7-5-13(6-8-14)16(18)15-11-17(12(2)3)9-10-20-15/h5-8,12,15-16,18H,4,9-11H2,1-3H3. The van der Waals surface area contributed by atoms with Gasteiger partial charge in [-0.3, -0.25) is 4.90 Å². The summed E-state index contributed by atoms with van der Waals surface area (Å²) in [7, 11) is 0. The van der Waals surface area contributed by atoms with Crippen molar-refractivity contribution in [3.63, 3.8) is 0 Å².